The van der Waals surface area contributed by atoms with E-state index < -0.39 is 0 Å². The van der Waals surface area contributed by atoms with Crippen LogP contribution in [-0.4, -0.2) is 50.2 Å². The molecule has 6 nitrogen and oxygen atoms in total. The van der Waals surface area contributed by atoms with Gasteiger partial charge in [-0.25, -0.2) is 0 Å². The molecule has 1 aromatic heterocycles. The van der Waals surface area contributed by atoms with Gasteiger partial charge in [0.1, 0.15) is 17.2 Å². The molecule has 30 heavy (non-hydrogen) atoms. The minimum atomic E-state index is 0.0499. The fourth-order valence-corrected chi connectivity index (χ4v) is 4.11. The second-order valence-electron chi connectivity index (χ2n) is 7.31. The summed E-state index contributed by atoms with van der Waals surface area (Å²) < 4.78 is 16.5. The number of carbonyl (C=O) groups is 1. The normalized spacial score (nSPS) is 13.9. The molecule has 1 aliphatic rings. The van der Waals surface area contributed by atoms with Crippen LogP contribution in [0.4, 0.5) is 0 Å². The van der Waals surface area contributed by atoms with Gasteiger partial charge >= 0.3 is 0 Å². The number of para-hydroxylation sites is 1. The molecular formula is C24H26N2O4. The molecule has 2 heterocycles. The monoisotopic (exact) mass is 406 g/mol. The highest BCUT2D eigenvalue weighted by molar-refractivity contribution is 6.08. The number of nitrogens with zero attached hydrogens (tertiary/aromatic N) is 1. The summed E-state index contributed by atoms with van der Waals surface area (Å²) in [4.78, 5) is 18.5. The van der Waals surface area contributed by atoms with E-state index in [9.17, 15) is 4.79 Å². The SMILES string of the molecule is COc1cc(OC)c(C2=CCN(C(=O)c3c(C)[nH]c4ccccc34)CC2)c(OC)c1. The van der Waals surface area contributed by atoms with Gasteiger partial charge in [0.2, 0.25) is 0 Å². The Morgan fingerprint density at radius 2 is 1.73 bits per heavy atom. The number of fused-ring (bicyclic) bond motifs is 1. The summed E-state index contributed by atoms with van der Waals surface area (Å²) in [6, 6.07) is 11.6. The summed E-state index contributed by atoms with van der Waals surface area (Å²) in [5.41, 5.74) is 4.65. The van der Waals surface area contributed by atoms with Crippen molar-refractivity contribution in [3.05, 3.63) is 59.3 Å². The molecule has 0 spiro atoms. The number of nitrogens with one attached hydrogen (secondary N) is 1. The minimum absolute atomic E-state index is 0.0499. The van der Waals surface area contributed by atoms with Crippen molar-refractivity contribution >= 4 is 22.4 Å². The third-order valence-corrected chi connectivity index (χ3v) is 5.64. The number of hydrogen-bond donors (Lipinski definition) is 1. The van der Waals surface area contributed by atoms with E-state index in [1.54, 1.807) is 21.3 Å². The lowest BCUT2D eigenvalue weighted by atomic mass is 9.96. The average Bonchev–Trinajstić information content (AvgIpc) is 3.13. The lowest BCUT2D eigenvalue weighted by Gasteiger charge is -2.28. The maximum absolute atomic E-state index is 13.3. The highest BCUT2D eigenvalue weighted by Gasteiger charge is 2.26. The molecule has 0 saturated carbocycles. The van der Waals surface area contributed by atoms with Crippen LogP contribution in [0.25, 0.3) is 16.5 Å². The Labute approximate surface area is 176 Å². The zero-order valence-electron chi connectivity index (χ0n) is 17.7. The van der Waals surface area contributed by atoms with Gasteiger partial charge in [-0.2, -0.15) is 0 Å². The predicted molar refractivity (Wildman–Crippen MR) is 118 cm³/mol. The molecule has 0 atom stereocenters. The Balaban J connectivity index is 1.64. The summed E-state index contributed by atoms with van der Waals surface area (Å²) in [6.07, 6.45) is 2.80. The van der Waals surface area contributed by atoms with Crippen molar-refractivity contribution in [2.75, 3.05) is 34.4 Å². The topological polar surface area (TPSA) is 63.8 Å². The van der Waals surface area contributed by atoms with Crippen LogP contribution >= 0.6 is 0 Å². The van der Waals surface area contributed by atoms with E-state index in [2.05, 4.69) is 11.1 Å². The molecule has 4 rings (SSSR count). The van der Waals surface area contributed by atoms with Crippen LogP contribution < -0.4 is 14.2 Å². The molecule has 1 aliphatic heterocycles. The zero-order valence-corrected chi connectivity index (χ0v) is 17.7. The lowest BCUT2D eigenvalue weighted by molar-refractivity contribution is 0.0774. The van der Waals surface area contributed by atoms with Gasteiger partial charge in [0.25, 0.3) is 5.91 Å². The van der Waals surface area contributed by atoms with Crippen LogP contribution in [0.2, 0.25) is 0 Å². The van der Waals surface area contributed by atoms with E-state index in [0.717, 1.165) is 33.3 Å². The van der Waals surface area contributed by atoms with Crippen molar-refractivity contribution < 1.29 is 19.0 Å². The molecule has 0 fully saturated rings. The lowest BCUT2D eigenvalue weighted by Crippen LogP contribution is -2.35. The number of aromatic amines is 1. The average molecular weight is 406 g/mol. The number of rotatable bonds is 5. The summed E-state index contributed by atoms with van der Waals surface area (Å²) in [5.74, 6) is 2.12. The zero-order chi connectivity index (χ0) is 21.3. The van der Waals surface area contributed by atoms with Gasteiger partial charge in [-0.05, 0) is 25.0 Å². The molecular weight excluding hydrogens is 380 g/mol. The Morgan fingerprint density at radius 3 is 2.33 bits per heavy atom. The molecule has 1 amide bonds. The number of ether oxygens (including phenoxy) is 3. The molecule has 0 saturated heterocycles. The molecule has 156 valence electrons. The fourth-order valence-electron chi connectivity index (χ4n) is 4.11. The molecule has 0 aliphatic carbocycles. The fraction of sp³-hybridized carbons (Fsp3) is 0.292. The molecule has 0 unspecified atom stereocenters. The first-order valence-electron chi connectivity index (χ1n) is 9.93. The molecule has 1 N–H and O–H groups in total. The van der Waals surface area contributed by atoms with Crippen molar-refractivity contribution in [1.82, 2.24) is 9.88 Å². The smallest absolute Gasteiger partial charge is 0.256 e. The predicted octanol–water partition coefficient (Wildman–Crippen LogP) is 4.43. The molecule has 6 heteroatoms. The number of hydrogen-bond acceptors (Lipinski definition) is 4. The summed E-state index contributed by atoms with van der Waals surface area (Å²) in [7, 11) is 4.89. The summed E-state index contributed by atoms with van der Waals surface area (Å²) >= 11 is 0. The van der Waals surface area contributed by atoms with Crippen molar-refractivity contribution in [1.29, 1.82) is 0 Å². The van der Waals surface area contributed by atoms with Crippen molar-refractivity contribution in [2.45, 2.75) is 13.3 Å². The van der Waals surface area contributed by atoms with Crippen LogP contribution in [0.5, 0.6) is 17.2 Å². The third-order valence-electron chi connectivity index (χ3n) is 5.64. The van der Waals surface area contributed by atoms with Crippen LogP contribution in [0.1, 0.15) is 28.0 Å². The van der Waals surface area contributed by atoms with Crippen molar-refractivity contribution in [3.63, 3.8) is 0 Å². The van der Waals surface area contributed by atoms with Gasteiger partial charge < -0.3 is 24.1 Å². The first-order valence-corrected chi connectivity index (χ1v) is 9.93. The largest absolute Gasteiger partial charge is 0.496 e. The highest BCUT2D eigenvalue weighted by atomic mass is 16.5. The quantitative estimate of drug-likeness (QED) is 0.681. The van der Waals surface area contributed by atoms with Gasteiger partial charge in [-0.1, -0.05) is 24.3 Å². The van der Waals surface area contributed by atoms with E-state index in [1.807, 2.05) is 48.2 Å². The number of carbonyl (C=O) groups excluding carboxylic acids is 1. The van der Waals surface area contributed by atoms with E-state index >= 15 is 0 Å². The molecule has 3 aromatic rings. The minimum Gasteiger partial charge on any atom is -0.496 e. The van der Waals surface area contributed by atoms with Crippen LogP contribution in [0.3, 0.4) is 0 Å². The maximum Gasteiger partial charge on any atom is 0.256 e. The number of aromatic nitrogens is 1. The number of benzene rings is 2. The molecule has 0 bridgehead atoms. The van der Waals surface area contributed by atoms with E-state index in [1.165, 1.54) is 0 Å². The summed E-state index contributed by atoms with van der Waals surface area (Å²) in [6.45, 7) is 3.11. The van der Waals surface area contributed by atoms with Crippen LogP contribution in [0.15, 0.2) is 42.5 Å². The Bertz CT molecular complexity index is 1100. The third kappa shape index (κ3) is 3.38. The van der Waals surface area contributed by atoms with E-state index in [0.29, 0.717) is 36.8 Å². The van der Waals surface area contributed by atoms with Gasteiger partial charge in [-0.15, -0.1) is 0 Å². The Morgan fingerprint density at radius 1 is 1.03 bits per heavy atom. The van der Waals surface area contributed by atoms with E-state index in [4.69, 9.17) is 14.2 Å². The molecule has 2 aromatic carbocycles. The standard InChI is InChI=1S/C24H26N2O4/c1-15-22(18-7-5-6-8-19(18)25-15)24(27)26-11-9-16(10-12-26)23-20(29-3)13-17(28-2)14-21(23)30-4/h5-9,13-14,25H,10-12H2,1-4H3. The van der Waals surface area contributed by atoms with Crippen molar-refractivity contribution in [2.24, 2.45) is 0 Å². The van der Waals surface area contributed by atoms with E-state index in [-0.39, 0.29) is 5.91 Å². The summed E-state index contributed by atoms with van der Waals surface area (Å²) in [5, 5.41) is 0.966. The van der Waals surface area contributed by atoms with Crippen LogP contribution in [0, 0.1) is 6.92 Å². The number of aryl methyl sites for hydroxylation is 1. The van der Waals surface area contributed by atoms with Gasteiger partial charge in [0.05, 0.1) is 32.5 Å². The highest BCUT2D eigenvalue weighted by Crippen LogP contribution is 2.41. The van der Waals surface area contributed by atoms with Crippen molar-refractivity contribution in [3.8, 4) is 17.2 Å². The first kappa shape index (κ1) is 19.9. The first-order chi connectivity index (χ1) is 14.6. The van der Waals surface area contributed by atoms with Gasteiger partial charge in [0, 0.05) is 41.8 Å². The van der Waals surface area contributed by atoms with Gasteiger partial charge in [-0.3, -0.25) is 4.79 Å². The Hall–Kier alpha value is -3.41. The number of H-pyrrole nitrogens is 1. The second kappa shape index (κ2) is 8.14. The maximum atomic E-state index is 13.3. The number of methoxy groups -OCH3 is 3. The Kier molecular flexibility index (Phi) is 5.40. The second-order valence-corrected chi connectivity index (χ2v) is 7.31. The van der Waals surface area contributed by atoms with Gasteiger partial charge in [0.15, 0.2) is 0 Å². The molecule has 0 radical (unpaired) electrons. The van der Waals surface area contributed by atoms with Crippen LogP contribution in [-0.2, 0) is 0 Å². The number of amides is 1.